The second kappa shape index (κ2) is 6.74. The van der Waals surface area contributed by atoms with Gasteiger partial charge in [0.2, 0.25) is 0 Å². The monoisotopic (exact) mass is 338 g/mol. The highest BCUT2D eigenvalue weighted by molar-refractivity contribution is 7.89. The van der Waals surface area contributed by atoms with E-state index in [1.807, 2.05) is 0 Å². The van der Waals surface area contributed by atoms with Crippen LogP contribution in [-0.4, -0.2) is 28.3 Å². The average molecular weight is 338 g/mol. The fourth-order valence-corrected chi connectivity index (χ4v) is 2.87. The normalized spacial score (nSPS) is 12.1. The van der Waals surface area contributed by atoms with Crippen molar-refractivity contribution in [3.63, 3.8) is 0 Å². The molecule has 2 aromatic rings. The summed E-state index contributed by atoms with van der Waals surface area (Å²) in [4.78, 5) is 2.14. The molecule has 1 aromatic carbocycles. The number of nitrogens with one attached hydrogen (secondary N) is 1. The Labute approximate surface area is 135 Å². The summed E-state index contributed by atoms with van der Waals surface area (Å²) in [6.45, 7) is 3.44. The summed E-state index contributed by atoms with van der Waals surface area (Å²) in [5.74, 6) is 1.87. The third kappa shape index (κ3) is 3.84. The van der Waals surface area contributed by atoms with Gasteiger partial charge in [-0.25, -0.2) is 0 Å². The van der Waals surface area contributed by atoms with E-state index < -0.39 is 10.0 Å². The maximum Gasteiger partial charge on any atom is 0.280 e. The van der Waals surface area contributed by atoms with E-state index in [0.29, 0.717) is 23.0 Å². The maximum absolute atomic E-state index is 12.4. The van der Waals surface area contributed by atoms with Gasteiger partial charge in [0.1, 0.15) is 33.6 Å². The molecule has 0 aliphatic rings. The number of hydrazone groups is 1. The lowest BCUT2D eigenvalue weighted by Crippen LogP contribution is -2.20. The first kappa shape index (κ1) is 16.9. The van der Waals surface area contributed by atoms with Gasteiger partial charge in [0.25, 0.3) is 10.0 Å². The van der Waals surface area contributed by atoms with Gasteiger partial charge in [-0.3, -0.25) is 0 Å². The van der Waals surface area contributed by atoms with E-state index in [1.54, 1.807) is 26.0 Å². The molecule has 1 N–H and O–H groups in total. The Morgan fingerprint density at radius 3 is 2.48 bits per heavy atom. The minimum Gasteiger partial charge on any atom is -0.497 e. The first-order chi connectivity index (χ1) is 10.9. The molecule has 0 unspecified atom stereocenters. The molecule has 0 fully saturated rings. The Morgan fingerprint density at radius 2 is 1.91 bits per heavy atom. The highest BCUT2D eigenvalue weighted by atomic mass is 32.2. The van der Waals surface area contributed by atoms with E-state index in [0.717, 1.165) is 0 Å². The largest absolute Gasteiger partial charge is 0.497 e. The number of sulfonamides is 1. The van der Waals surface area contributed by atoms with Crippen LogP contribution in [0.3, 0.4) is 0 Å². The van der Waals surface area contributed by atoms with Crippen LogP contribution in [0.2, 0.25) is 0 Å². The van der Waals surface area contributed by atoms with Gasteiger partial charge in [-0.1, -0.05) is 0 Å². The van der Waals surface area contributed by atoms with Crippen LogP contribution in [0.1, 0.15) is 18.4 Å². The molecule has 0 radical (unpaired) electrons. The molecular weight excluding hydrogens is 320 g/mol. The summed E-state index contributed by atoms with van der Waals surface area (Å²) < 4.78 is 40.3. The summed E-state index contributed by atoms with van der Waals surface area (Å²) in [5, 5.41) is 3.87. The van der Waals surface area contributed by atoms with E-state index >= 15 is 0 Å². The molecule has 0 atom stereocenters. The Kier molecular flexibility index (Phi) is 4.95. The summed E-state index contributed by atoms with van der Waals surface area (Å²) in [5.41, 5.74) is 0.411. The van der Waals surface area contributed by atoms with Crippen molar-refractivity contribution in [2.75, 3.05) is 14.2 Å². The number of methoxy groups -OCH3 is 2. The maximum atomic E-state index is 12.4. The van der Waals surface area contributed by atoms with Crippen LogP contribution in [0.5, 0.6) is 11.5 Å². The topological polar surface area (TPSA) is 90.1 Å². The van der Waals surface area contributed by atoms with Crippen LogP contribution in [0.25, 0.3) is 0 Å². The zero-order valence-electron chi connectivity index (χ0n) is 13.3. The number of hydrogen-bond acceptors (Lipinski definition) is 6. The number of aryl methyl sites for hydroxylation is 1. The zero-order valence-corrected chi connectivity index (χ0v) is 14.1. The molecule has 0 aliphatic heterocycles. The molecule has 23 heavy (non-hydrogen) atoms. The predicted molar refractivity (Wildman–Crippen MR) is 85.5 cm³/mol. The fourth-order valence-electron chi connectivity index (χ4n) is 1.86. The molecule has 0 spiro atoms. The van der Waals surface area contributed by atoms with E-state index in [1.165, 1.54) is 32.4 Å². The molecule has 0 aliphatic carbocycles. The van der Waals surface area contributed by atoms with Crippen molar-refractivity contribution < 1.29 is 22.3 Å². The van der Waals surface area contributed by atoms with Gasteiger partial charge in [0.05, 0.1) is 14.2 Å². The van der Waals surface area contributed by atoms with Crippen LogP contribution in [0.4, 0.5) is 0 Å². The fraction of sp³-hybridized carbons (Fsp3) is 0.267. The molecular formula is C15H18N2O5S. The number of nitrogens with zero attached hydrogens (tertiary/aromatic N) is 1. The number of rotatable bonds is 6. The van der Waals surface area contributed by atoms with Crippen molar-refractivity contribution in [3.05, 3.63) is 41.9 Å². The van der Waals surface area contributed by atoms with Crippen molar-refractivity contribution in [2.24, 2.45) is 5.10 Å². The third-order valence-electron chi connectivity index (χ3n) is 3.09. The molecule has 2 rings (SSSR count). The van der Waals surface area contributed by atoms with Crippen LogP contribution in [0.15, 0.2) is 44.7 Å². The van der Waals surface area contributed by atoms with Crippen molar-refractivity contribution in [1.82, 2.24) is 4.83 Å². The van der Waals surface area contributed by atoms with Crippen LogP contribution < -0.4 is 14.3 Å². The molecule has 0 amide bonds. The van der Waals surface area contributed by atoms with Gasteiger partial charge in [-0.2, -0.15) is 18.4 Å². The molecule has 0 saturated carbocycles. The Balaban J connectivity index is 2.28. The van der Waals surface area contributed by atoms with E-state index in [4.69, 9.17) is 13.9 Å². The van der Waals surface area contributed by atoms with Crippen molar-refractivity contribution in [3.8, 4) is 11.5 Å². The SMILES string of the molecule is COc1ccc(S(=O)(=O)N/N=C(/C)c2ccc(C)o2)c(OC)c1. The second-order valence-corrected chi connectivity index (χ2v) is 6.35. The smallest absolute Gasteiger partial charge is 0.280 e. The zero-order chi connectivity index (χ0) is 17.0. The minimum absolute atomic E-state index is 0.0343. The Morgan fingerprint density at radius 1 is 1.17 bits per heavy atom. The standard InChI is InChI=1S/C15H18N2O5S/c1-10-5-7-13(22-10)11(2)16-17-23(18,19)15-8-6-12(20-3)9-14(15)21-4/h5-9,17H,1-4H3/b16-11-. The van der Waals surface area contributed by atoms with Gasteiger partial charge in [-0.15, -0.1) is 0 Å². The van der Waals surface area contributed by atoms with Crippen LogP contribution in [0, 0.1) is 6.92 Å². The van der Waals surface area contributed by atoms with Gasteiger partial charge >= 0.3 is 0 Å². The second-order valence-electron chi connectivity index (χ2n) is 4.72. The predicted octanol–water partition coefficient (Wildman–Crippen LogP) is 2.31. The molecule has 124 valence electrons. The number of furan rings is 1. The van der Waals surface area contributed by atoms with Gasteiger partial charge in [-0.05, 0) is 38.1 Å². The molecule has 0 saturated heterocycles. The quantitative estimate of drug-likeness (QED) is 0.645. The Bertz CT molecular complexity index is 824. The summed E-state index contributed by atoms with van der Waals surface area (Å²) >= 11 is 0. The first-order valence-corrected chi connectivity index (χ1v) is 8.20. The lowest BCUT2D eigenvalue weighted by Gasteiger charge is -2.10. The number of hydrogen-bond donors (Lipinski definition) is 1. The number of benzene rings is 1. The Hall–Kier alpha value is -2.48. The molecule has 1 heterocycles. The molecule has 7 nitrogen and oxygen atoms in total. The van der Waals surface area contributed by atoms with Crippen LogP contribution in [-0.2, 0) is 10.0 Å². The first-order valence-electron chi connectivity index (χ1n) is 6.72. The molecule has 8 heteroatoms. The summed E-state index contributed by atoms with van der Waals surface area (Å²) in [6, 6.07) is 7.90. The highest BCUT2D eigenvalue weighted by Gasteiger charge is 2.20. The lowest BCUT2D eigenvalue weighted by atomic mass is 10.3. The third-order valence-corrected chi connectivity index (χ3v) is 4.34. The van der Waals surface area contributed by atoms with Crippen molar-refractivity contribution >= 4 is 15.7 Å². The minimum atomic E-state index is -3.88. The lowest BCUT2D eigenvalue weighted by molar-refractivity contribution is 0.386. The van der Waals surface area contributed by atoms with Crippen molar-refractivity contribution in [1.29, 1.82) is 0 Å². The molecule has 1 aromatic heterocycles. The van der Waals surface area contributed by atoms with Crippen molar-refractivity contribution in [2.45, 2.75) is 18.7 Å². The summed E-state index contributed by atoms with van der Waals surface area (Å²) in [7, 11) is -1.01. The van der Waals surface area contributed by atoms with E-state index in [9.17, 15) is 8.42 Å². The van der Waals surface area contributed by atoms with E-state index in [-0.39, 0.29) is 10.6 Å². The highest BCUT2D eigenvalue weighted by Crippen LogP contribution is 2.28. The van der Waals surface area contributed by atoms with E-state index in [2.05, 4.69) is 9.93 Å². The van der Waals surface area contributed by atoms with Gasteiger partial charge in [0, 0.05) is 6.07 Å². The number of ether oxygens (including phenoxy) is 2. The molecule has 0 bridgehead atoms. The van der Waals surface area contributed by atoms with Gasteiger partial charge in [0.15, 0.2) is 0 Å². The van der Waals surface area contributed by atoms with Gasteiger partial charge < -0.3 is 13.9 Å². The average Bonchev–Trinajstić information content (AvgIpc) is 2.98. The summed E-state index contributed by atoms with van der Waals surface area (Å²) in [6.07, 6.45) is 0. The van der Waals surface area contributed by atoms with Crippen LogP contribution >= 0.6 is 0 Å².